The molecular weight excluding hydrogens is 408 g/mol. The zero-order chi connectivity index (χ0) is 19.3. The molecule has 2 aromatic rings. The SMILES string of the molecule is O=C(NC1CCCCC1)c1ccc(CNC(O)(O)c2ccc(Br)cc2)cc1. The van der Waals surface area contributed by atoms with Gasteiger partial charge < -0.3 is 15.5 Å². The normalized spacial score (nSPS) is 15.5. The van der Waals surface area contributed by atoms with Gasteiger partial charge in [-0.2, -0.15) is 0 Å². The van der Waals surface area contributed by atoms with Gasteiger partial charge >= 0.3 is 0 Å². The van der Waals surface area contributed by atoms with E-state index in [1.54, 1.807) is 36.4 Å². The molecule has 1 amide bonds. The average Bonchev–Trinajstić information content (AvgIpc) is 2.68. The third-order valence-corrected chi connectivity index (χ3v) is 5.47. The summed E-state index contributed by atoms with van der Waals surface area (Å²) in [4.78, 5) is 12.3. The third kappa shape index (κ3) is 5.62. The molecule has 0 saturated heterocycles. The summed E-state index contributed by atoms with van der Waals surface area (Å²) in [5.74, 6) is -2.17. The number of benzene rings is 2. The number of nitrogens with one attached hydrogen (secondary N) is 2. The molecule has 3 rings (SSSR count). The summed E-state index contributed by atoms with van der Waals surface area (Å²) in [7, 11) is 0. The van der Waals surface area contributed by atoms with Crippen LogP contribution in [-0.4, -0.2) is 22.2 Å². The molecule has 1 aliphatic carbocycles. The Bertz CT molecular complexity index is 754. The van der Waals surface area contributed by atoms with E-state index in [0.29, 0.717) is 11.1 Å². The van der Waals surface area contributed by atoms with Gasteiger partial charge in [0.15, 0.2) is 0 Å². The number of aliphatic hydroxyl groups is 2. The van der Waals surface area contributed by atoms with E-state index in [0.717, 1.165) is 22.9 Å². The van der Waals surface area contributed by atoms with Gasteiger partial charge in [-0.05, 0) is 42.7 Å². The van der Waals surface area contributed by atoms with E-state index in [1.807, 2.05) is 12.1 Å². The van der Waals surface area contributed by atoms with Crippen molar-refractivity contribution < 1.29 is 15.0 Å². The molecule has 144 valence electrons. The van der Waals surface area contributed by atoms with Gasteiger partial charge in [0.1, 0.15) is 0 Å². The molecule has 0 atom stereocenters. The Balaban J connectivity index is 1.55. The van der Waals surface area contributed by atoms with Crippen LogP contribution in [0.5, 0.6) is 0 Å². The van der Waals surface area contributed by atoms with Crippen LogP contribution in [0.15, 0.2) is 53.0 Å². The number of amides is 1. The largest absolute Gasteiger partial charge is 0.350 e. The molecule has 0 heterocycles. The van der Waals surface area contributed by atoms with Crippen molar-refractivity contribution in [3.05, 3.63) is 69.7 Å². The van der Waals surface area contributed by atoms with Crippen molar-refractivity contribution >= 4 is 21.8 Å². The molecule has 0 spiro atoms. The van der Waals surface area contributed by atoms with Crippen LogP contribution in [-0.2, 0) is 12.5 Å². The Morgan fingerprint density at radius 3 is 2.26 bits per heavy atom. The maximum atomic E-state index is 12.3. The van der Waals surface area contributed by atoms with Gasteiger partial charge in [0.05, 0.1) is 0 Å². The number of halogens is 1. The lowest BCUT2D eigenvalue weighted by molar-refractivity contribution is -0.196. The lowest BCUT2D eigenvalue weighted by atomic mass is 9.95. The number of hydrogen-bond acceptors (Lipinski definition) is 4. The first kappa shape index (κ1) is 20.0. The van der Waals surface area contributed by atoms with Crippen LogP contribution in [0.1, 0.15) is 53.6 Å². The minimum atomic E-state index is -2.13. The van der Waals surface area contributed by atoms with Crippen molar-refractivity contribution in [1.29, 1.82) is 0 Å². The topological polar surface area (TPSA) is 81.6 Å². The van der Waals surface area contributed by atoms with Crippen LogP contribution in [0.4, 0.5) is 0 Å². The van der Waals surface area contributed by atoms with E-state index in [-0.39, 0.29) is 18.5 Å². The Morgan fingerprint density at radius 2 is 1.63 bits per heavy atom. The second kappa shape index (κ2) is 8.97. The second-order valence-electron chi connectivity index (χ2n) is 7.04. The molecule has 2 aromatic carbocycles. The van der Waals surface area contributed by atoms with Crippen LogP contribution in [0, 0.1) is 0 Å². The van der Waals surface area contributed by atoms with Gasteiger partial charge in [-0.25, -0.2) is 0 Å². The lowest BCUT2D eigenvalue weighted by Crippen LogP contribution is -2.41. The van der Waals surface area contributed by atoms with Gasteiger partial charge in [-0.3, -0.25) is 10.1 Å². The zero-order valence-corrected chi connectivity index (χ0v) is 16.7. The highest BCUT2D eigenvalue weighted by atomic mass is 79.9. The van der Waals surface area contributed by atoms with Gasteiger partial charge in [-0.1, -0.05) is 59.5 Å². The number of rotatable bonds is 6. The number of carbonyl (C=O) groups is 1. The van der Waals surface area contributed by atoms with Crippen LogP contribution >= 0.6 is 15.9 Å². The molecule has 27 heavy (non-hydrogen) atoms. The first-order valence-corrected chi connectivity index (χ1v) is 10.1. The van der Waals surface area contributed by atoms with Crippen molar-refractivity contribution in [1.82, 2.24) is 10.6 Å². The Hall–Kier alpha value is -1.73. The van der Waals surface area contributed by atoms with Crippen molar-refractivity contribution in [2.45, 2.75) is 50.6 Å². The van der Waals surface area contributed by atoms with Crippen molar-refractivity contribution in [3.8, 4) is 0 Å². The molecular formula is C21H25BrN2O3. The number of hydrogen-bond donors (Lipinski definition) is 4. The van der Waals surface area contributed by atoms with E-state index < -0.39 is 5.91 Å². The fourth-order valence-electron chi connectivity index (χ4n) is 3.30. The van der Waals surface area contributed by atoms with Crippen molar-refractivity contribution in [2.24, 2.45) is 0 Å². The molecule has 0 aromatic heterocycles. The van der Waals surface area contributed by atoms with Gasteiger partial charge in [0.25, 0.3) is 11.8 Å². The van der Waals surface area contributed by atoms with Gasteiger partial charge in [-0.15, -0.1) is 0 Å². The van der Waals surface area contributed by atoms with Crippen LogP contribution in [0.3, 0.4) is 0 Å². The number of carbonyl (C=O) groups excluding carboxylic acids is 1. The van der Waals surface area contributed by atoms with Crippen LogP contribution in [0.25, 0.3) is 0 Å². The average molecular weight is 433 g/mol. The summed E-state index contributed by atoms with van der Waals surface area (Å²) in [6, 6.07) is 14.2. The molecule has 0 radical (unpaired) electrons. The highest BCUT2D eigenvalue weighted by Gasteiger charge is 2.25. The Morgan fingerprint density at radius 1 is 1.00 bits per heavy atom. The summed E-state index contributed by atoms with van der Waals surface area (Å²) in [6.45, 7) is 0.258. The molecule has 0 bridgehead atoms. The van der Waals surface area contributed by atoms with E-state index in [1.165, 1.54) is 19.3 Å². The zero-order valence-electron chi connectivity index (χ0n) is 15.1. The molecule has 0 unspecified atom stereocenters. The van der Waals surface area contributed by atoms with E-state index >= 15 is 0 Å². The van der Waals surface area contributed by atoms with Crippen molar-refractivity contribution in [2.75, 3.05) is 0 Å². The molecule has 1 aliphatic rings. The quantitative estimate of drug-likeness (QED) is 0.527. The summed E-state index contributed by atoms with van der Waals surface area (Å²) in [5.41, 5.74) is 1.83. The Labute approximate surface area is 167 Å². The van der Waals surface area contributed by atoms with Gasteiger partial charge in [0, 0.05) is 28.2 Å². The molecule has 1 fully saturated rings. The molecule has 0 aliphatic heterocycles. The first-order chi connectivity index (χ1) is 12.9. The van der Waals surface area contributed by atoms with Gasteiger partial charge in [0.2, 0.25) is 0 Å². The monoisotopic (exact) mass is 432 g/mol. The van der Waals surface area contributed by atoms with E-state index in [2.05, 4.69) is 26.6 Å². The van der Waals surface area contributed by atoms with Crippen LogP contribution in [0.2, 0.25) is 0 Å². The highest BCUT2D eigenvalue weighted by molar-refractivity contribution is 9.10. The Kier molecular flexibility index (Phi) is 6.65. The maximum Gasteiger partial charge on any atom is 0.251 e. The fraction of sp³-hybridized carbons (Fsp3) is 0.381. The second-order valence-corrected chi connectivity index (χ2v) is 7.95. The fourth-order valence-corrected chi connectivity index (χ4v) is 3.56. The molecule has 6 heteroatoms. The molecule has 1 saturated carbocycles. The summed E-state index contributed by atoms with van der Waals surface area (Å²) < 4.78 is 0.865. The van der Waals surface area contributed by atoms with Crippen LogP contribution < -0.4 is 10.6 Å². The molecule has 5 nitrogen and oxygen atoms in total. The lowest BCUT2D eigenvalue weighted by Gasteiger charge is -2.24. The summed E-state index contributed by atoms with van der Waals surface area (Å²) >= 11 is 3.32. The highest BCUT2D eigenvalue weighted by Crippen LogP contribution is 2.20. The predicted octanol–water partition coefficient (Wildman–Crippen LogP) is 3.40. The van der Waals surface area contributed by atoms with Crippen molar-refractivity contribution in [3.63, 3.8) is 0 Å². The van der Waals surface area contributed by atoms with E-state index in [4.69, 9.17) is 0 Å². The predicted molar refractivity (Wildman–Crippen MR) is 108 cm³/mol. The maximum absolute atomic E-state index is 12.3. The summed E-state index contributed by atoms with van der Waals surface area (Å²) in [5, 5.41) is 26.3. The first-order valence-electron chi connectivity index (χ1n) is 9.30. The minimum absolute atomic E-state index is 0.0464. The van der Waals surface area contributed by atoms with E-state index in [9.17, 15) is 15.0 Å². The minimum Gasteiger partial charge on any atom is -0.350 e. The smallest absolute Gasteiger partial charge is 0.251 e. The standard InChI is InChI=1S/C21H25BrN2O3/c22-18-12-10-17(11-13-18)21(26,27)23-14-15-6-8-16(9-7-15)20(25)24-19-4-2-1-3-5-19/h6-13,19,23,26-27H,1-5,14H2,(H,24,25). The summed E-state index contributed by atoms with van der Waals surface area (Å²) in [6.07, 6.45) is 5.72. The molecule has 4 N–H and O–H groups in total. The third-order valence-electron chi connectivity index (χ3n) is 4.94.